The normalized spacial score (nSPS) is 12.5. The molecule has 0 amide bonds. The van der Waals surface area contributed by atoms with Crippen LogP contribution in [0.4, 0.5) is 0 Å². The molecule has 0 rings (SSSR count). The van der Waals surface area contributed by atoms with Crippen LogP contribution in [-0.2, 0) is 4.79 Å². The molecule has 0 aromatic heterocycles. The summed E-state index contributed by atoms with van der Waals surface area (Å²) in [6.45, 7) is 5.68. The number of carboxylic acid groups (broad SMARTS) is 1. The summed E-state index contributed by atoms with van der Waals surface area (Å²) in [5.74, 6) is 1.42. The lowest BCUT2D eigenvalue weighted by Gasteiger charge is -2.20. The minimum absolute atomic E-state index is 0.347. The number of hydrogen-bond donors (Lipinski definition) is 1. The molecule has 0 saturated carbocycles. The summed E-state index contributed by atoms with van der Waals surface area (Å²) >= 11 is 0. The maximum absolute atomic E-state index is 10.6. The number of aliphatic carboxylic acids is 1. The van der Waals surface area contributed by atoms with Gasteiger partial charge in [-0.1, -0.05) is 19.8 Å². The van der Waals surface area contributed by atoms with E-state index in [0.29, 0.717) is 13.1 Å². The number of nitrogens with zero attached hydrogens (tertiary/aromatic N) is 1. The number of rotatable bonds is 6. The van der Waals surface area contributed by atoms with Gasteiger partial charge in [0, 0.05) is 6.54 Å². The van der Waals surface area contributed by atoms with E-state index in [-0.39, 0.29) is 5.92 Å². The van der Waals surface area contributed by atoms with Crippen LogP contribution in [0.5, 0.6) is 0 Å². The molecule has 0 bridgehead atoms. The van der Waals surface area contributed by atoms with Crippen LogP contribution in [0, 0.1) is 18.3 Å². The number of hydrogen-bond acceptors (Lipinski definition) is 2. The van der Waals surface area contributed by atoms with Crippen molar-refractivity contribution in [3.8, 4) is 12.3 Å². The lowest BCUT2D eigenvalue weighted by molar-refractivity contribution is -0.141. The third-order valence-corrected chi connectivity index (χ3v) is 1.81. The van der Waals surface area contributed by atoms with Gasteiger partial charge in [0.1, 0.15) is 0 Å². The zero-order chi connectivity index (χ0) is 10.3. The zero-order valence-corrected chi connectivity index (χ0v) is 8.29. The summed E-state index contributed by atoms with van der Waals surface area (Å²) in [5.41, 5.74) is 0. The molecule has 74 valence electrons. The van der Waals surface area contributed by atoms with Gasteiger partial charge in [0.05, 0.1) is 12.5 Å². The fraction of sp³-hybridized carbons (Fsp3) is 0.700. The molecule has 0 aliphatic rings. The molecule has 3 heteroatoms. The van der Waals surface area contributed by atoms with Gasteiger partial charge >= 0.3 is 5.97 Å². The van der Waals surface area contributed by atoms with Gasteiger partial charge in [0.2, 0.25) is 0 Å². The van der Waals surface area contributed by atoms with Crippen LogP contribution in [0.15, 0.2) is 0 Å². The predicted molar refractivity (Wildman–Crippen MR) is 52.4 cm³/mol. The van der Waals surface area contributed by atoms with E-state index >= 15 is 0 Å². The summed E-state index contributed by atoms with van der Waals surface area (Å²) in [6, 6.07) is 0. The molecule has 13 heavy (non-hydrogen) atoms. The second kappa shape index (κ2) is 6.50. The van der Waals surface area contributed by atoms with Gasteiger partial charge in [-0.15, -0.1) is 6.42 Å². The van der Waals surface area contributed by atoms with Crippen LogP contribution in [0.2, 0.25) is 0 Å². The Morgan fingerprint density at radius 1 is 1.69 bits per heavy atom. The minimum atomic E-state index is -0.766. The predicted octanol–water partition coefficient (Wildman–Crippen LogP) is 1.05. The lowest BCUT2D eigenvalue weighted by Crippen LogP contribution is -2.32. The quantitative estimate of drug-likeness (QED) is 0.626. The first-order chi connectivity index (χ1) is 6.11. The highest BCUT2D eigenvalue weighted by molar-refractivity contribution is 5.69. The van der Waals surface area contributed by atoms with Crippen molar-refractivity contribution in [2.75, 3.05) is 19.6 Å². The van der Waals surface area contributed by atoms with E-state index in [9.17, 15) is 4.79 Å². The molecule has 0 aromatic carbocycles. The van der Waals surface area contributed by atoms with Crippen molar-refractivity contribution in [3.05, 3.63) is 0 Å². The Balaban J connectivity index is 3.94. The first-order valence-corrected chi connectivity index (χ1v) is 4.50. The Bertz CT molecular complexity index is 196. The maximum Gasteiger partial charge on any atom is 0.307 e. The van der Waals surface area contributed by atoms with Crippen molar-refractivity contribution in [1.82, 2.24) is 4.90 Å². The van der Waals surface area contributed by atoms with Crippen molar-refractivity contribution < 1.29 is 9.90 Å². The number of carboxylic acids is 1. The molecule has 1 unspecified atom stereocenters. The molecule has 0 aliphatic carbocycles. The van der Waals surface area contributed by atoms with Crippen molar-refractivity contribution in [1.29, 1.82) is 0 Å². The van der Waals surface area contributed by atoms with E-state index in [0.717, 1.165) is 13.0 Å². The fourth-order valence-corrected chi connectivity index (χ4v) is 1.15. The Hall–Kier alpha value is -1.01. The average molecular weight is 183 g/mol. The van der Waals surface area contributed by atoms with Crippen LogP contribution in [0.3, 0.4) is 0 Å². The first-order valence-electron chi connectivity index (χ1n) is 4.50. The summed E-state index contributed by atoms with van der Waals surface area (Å²) < 4.78 is 0. The molecule has 1 N–H and O–H groups in total. The Morgan fingerprint density at radius 2 is 2.31 bits per heavy atom. The van der Waals surface area contributed by atoms with E-state index < -0.39 is 5.97 Å². The van der Waals surface area contributed by atoms with E-state index in [1.807, 2.05) is 4.90 Å². The van der Waals surface area contributed by atoms with Crippen molar-refractivity contribution in [3.63, 3.8) is 0 Å². The molecule has 0 saturated heterocycles. The van der Waals surface area contributed by atoms with Crippen LogP contribution < -0.4 is 0 Å². The highest BCUT2D eigenvalue weighted by Gasteiger charge is 2.14. The van der Waals surface area contributed by atoms with E-state index in [4.69, 9.17) is 11.5 Å². The third kappa shape index (κ3) is 5.26. The molecular weight excluding hydrogens is 166 g/mol. The second-order valence-electron chi connectivity index (χ2n) is 3.18. The Morgan fingerprint density at radius 3 is 2.69 bits per heavy atom. The largest absolute Gasteiger partial charge is 0.481 e. The van der Waals surface area contributed by atoms with Crippen molar-refractivity contribution in [2.24, 2.45) is 5.92 Å². The van der Waals surface area contributed by atoms with Gasteiger partial charge in [-0.05, 0) is 13.0 Å². The van der Waals surface area contributed by atoms with Crippen LogP contribution >= 0.6 is 0 Å². The van der Waals surface area contributed by atoms with Crippen molar-refractivity contribution >= 4 is 5.97 Å². The SMILES string of the molecule is C#CCN(CCC)CC(C)C(=O)O. The standard InChI is InChI=1S/C10H17NO2/c1-4-6-11(7-5-2)8-9(3)10(12)13/h1,9H,5-8H2,2-3H3,(H,12,13). The molecule has 1 atom stereocenters. The molecule has 0 spiro atoms. The average Bonchev–Trinajstić information content (AvgIpc) is 2.05. The second-order valence-corrected chi connectivity index (χ2v) is 3.18. The van der Waals surface area contributed by atoms with E-state index in [1.165, 1.54) is 0 Å². The summed E-state index contributed by atoms with van der Waals surface area (Å²) in [4.78, 5) is 12.5. The molecule has 0 heterocycles. The van der Waals surface area contributed by atoms with E-state index in [2.05, 4.69) is 12.8 Å². The van der Waals surface area contributed by atoms with Crippen LogP contribution in [-0.4, -0.2) is 35.6 Å². The molecular formula is C10H17NO2. The van der Waals surface area contributed by atoms with Gasteiger partial charge in [-0.3, -0.25) is 9.69 Å². The van der Waals surface area contributed by atoms with Crippen molar-refractivity contribution in [2.45, 2.75) is 20.3 Å². The Kier molecular flexibility index (Phi) is 5.99. The van der Waals surface area contributed by atoms with Gasteiger partial charge < -0.3 is 5.11 Å². The summed E-state index contributed by atoms with van der Waals surface area (Å²) in [5, 5.41) is 8.69. The highest BCUT2D eigenvalue weighted by atomic mass is 16.4. The first kappa shape index (κ1) is 12.0. The third-order valence-electron chi connectivity index (χ3n) is 1.81. The monoisotopic (exact) mass is 183 g/mol. The zero-order valence-electron chi connectivity index (χ0n) is 8.29. The van der Waals surface area contributed by atoms with Gasteiger partial charge in [-0.2, -0.15) is 0 Å². The maximum atomic E-state index is 10.6. The molecule has 0 radical (unpaired) electrons. The smallest absolute Gasteiger partial charge is 0.307 e. The summed E-state index contributed by atoms with van der Waals surface area (Å²) in [7, 11) is 0. The van der Waals surface area contributed by atoms with Gasteiger partial charge in [-0.25, -0.2) is 0 Å². The number of terminal acetylenes is 1. The minimum Gasteiger partial charge on any atom is -0.481 e. The van der Waals surface area contributed by atoms with Crippen LogP contribution in [0.1, 0.15) is 20.3 Å². The topological polar surface area (TPSA) is 40.5 Å². The molecule has 0 fully saturated rings. The Labute approximate surface area is 79.7 Å². The van der Waals surface area contributed by atoms with Crippen LogP contribution in [0.25, 0.3) is 0 Å². The van der Waals surface area contributed by atoms with Gasteiger partial charge in [0.15, 0.2) is 0 Å². The molecule has 0 aliphatic heterocycles. The van der Waals surface area contributed by atoms with E-state index in [1.54, 1.807) is 6.92 Å². The molecule has 3 nitrogen and oxygen atoms in total. The highest BCUT2D eigenvalue weighted by Crippen LogP contribution is 2.00. The van der Waals surface area contributed by atoms with Gasteiger partial charge in [0.25, 0.3) is 0 Å². The fourth-order valence-electron chi connectivity index (χ4n) is 1.15. The molecule has 0 aromatic rings. The lowest BCUT2D eigenvalue weighted by atomic mass is 10.1. The summed E-state index contributed by atoms with van der Waals surface area (Å²) in [6.07, 6.45) is 6.17. The number of carbonyl (C=O) groups is 1.